The normalized spacial score (nSPS) is 23.2. The van der Waals surface area contributed by atoms with Crippen molar-refractivity contribution in [1.82, 2.24) is 9.80 Å². The molecule has 0 spiro atoms. The van der Waals surface area contributed by atoms with Crippen LogP contribution in [0.3, 0.4) is 0 Å². The van der Waals surface area contributed by atoms with Crippen LogP contribution in [0.1, 0.15) is 33.1 Å². The topological polar surface area (TPSA) is 6.48 Å². The van der Waals surface area contributed by atoms with Crippen LogP contribution in [-0.4, -0.2) is 53.9 Å². The second-order valence-corrected chi connectivity index (χ2v) is 6.05. The van der Waals surface area contributed by atoms with E-state index < -0.39 is 0 Å². The zero-order valence-electron chi connectivity index (χ0n) is 10.4. The lowest BCUT2D eigenvalue weighted by Gasteiger charge is -2.45. The molecule has 1 aliphatic heterocycles. The van der Waals surface area contributed by atoms with Crippen LogP contribution in [0.5, 0.6) is 0 Å². The van der Waals surface area contributed by atoms with Gasteiger partial charge in [0.15, 0.2) is 0 Å². The van der Waals surface area contributed by atoms with Gasteiger partial charge in [0, 0.05) is 30.5 Å². The highest BCUT2D eigenvalue weighted by Crippen LogP contribution is 2.19. The number of hydrogen-bond acceptors (Lipinski definition) is 2. The summed E-state index contributed by atoms with van der Waals surface area (Å²) >= 11 is 3.48. The number of unbranched alkanes of at least 4 members (excludes halogenated alkanes) is 2. The lowest BCUT2D eigenvalue weighted by atomic mass is 9.99. The van der Waals surface area contributed by atoms with Crippen molar-refractivity contribution >= 4 is 15.9 Å². The molecule has 0 aromatic heterocycles. The van der Waals surface area contributed by atoms with E-state index in [1.54, 1.807) is 0 Å². The summed E-state index contributed by atoms with van der Waals surface area (Å²) in [5, 5.41) is 1.15. The first kappa shape index (κ1) is 13.5. The van der Waals surface area contributed by atoms with Gasteiger partial charge >= 0.3 is 0 Å². The highest BCUT2D eigenvalue weighted by Gasteiger charge is 2.30. The predicted octanol–water partition coefficient (Wildman–Crippen LogP) is 2.58. The largest absolute Gasteiger partial charge is 0.300 e. The molecule has 2 nitrogen and oxygen atoms in total. The maximum Gasteiger partial charge on any atom is 0.0277 e. The molecule has 1 fully saturated rings. The highest BCUT2D eigenvalue weighted by molar-refractivity contribution is 9.09. The van der Waals surface area contributed by atoms with Gasteiger partial charge in [-0.25, -0.2) is 0 Å². The van der Waals surface area contributed by atoms with Gasteiger partial charge in [-0.1, -0.05) is 22.4 Å². The van der Waals surface area contributed by atoms with Crippen LogP contribution in [0.15, 0.2) is 0 Å². The minimum absolute atomic E-state index is 0.355. The molecule has 15 heavy (non-hydrogen) atoms. The number of nitrogens with zero attached hydrogens (tertiary/aromatic N) is 2. The molecule has 0 N–H and O–H groups in total. The Bertz CT molecular complexity index is 182. The SMILES string of the molecule is CN1CCN(CCCCCBr)CC1(C)C. The molecule has 0 aromatic carbocycles. The molecule has 90 valence electrons. The molecule has 0 unspecified atom stereocenters. The summed E-state index contributed by atoms with van der Waals surface area (Å²) in [4.78, 5) is 5.09. The van der Waals surface area contributed by atoms with Gasteiger partial charge in [-0.3, -0.25) is 4.90 Å². The molecule has 1 saturated heterocycles. The smallest absolute Gasteiger partial charge is 0.0277 e. The van der Waals surface area contributed by atoms with Crippen LogP contribution in [0.4, 0.5) is 0 Å². The van der Waals surface area contributed by atoms with Gasteiger partial charge < -0.3 is 4.90 Å². The Kier molecular flexibility index (Phi) is 5.58. The van der Waals surface area contributed by atoms with Crippen molar-refractivity contribution in [3.8, 4) is 0 Å². The Hall–Kier alpha value is 0.400. The fourth-order valence-corrected chi connectivity index (χ4v) is 2.54. The summed E-state index contributed by atoms with van der Waals surface area (Å²) in [5.41, 5.74) is 0.355. The number of piperazine rings is 1. The van der Waals surface area contributed by atoms with E-state index >= 15 is 0 Å². The third-order valence-corrected chi connectivity index (χ3v) is 4.06. The molecule has 1 heterocycles. The van der Waals surface area contributed by atoms with Crippen LogP contribution in [0.2, 0.25) is 0 Å². The molecule has 0 aliphatic carbocycles. The Morgan fingerprint density at radius 3 is 2.47 bits per heavy atom. The monoisotopic (exact) mass is 276 g/mol. The van der Waals surface area contributed by atoms with Crippen molar-refractivity contribution in [2.75, 3.05) is 38.6 Å². The van der Waals surface area contributed by atoms with Crippen LogP contribution < -0.4 is 0 Å². The van der Waals surface area contributed by atoms with Crippen molar-refractivity contribution in [2.24, 2.45) is 0 Å². The number of hydrogen-bond donors (Lipinski definition) is 0. The lowest BCUT2D eigenvalue weighted by Crippen LogP contribution is -2.57. The fourth-order valence-electron chi connectivity index (χ4n) is 2.14. The summed E-state index contributed by atoms with van der Waals surface area (Å²) in [6.45, 7) is 9.65. The molecule has 3 heteroatoms. The van der Waals surface area contributed by atoms with Crippen molar-refractivity contribution in [3.05, 3.63) is 0 Å². The molecule has 0 bridgehead atoms. The molecule has 0 atom stereocenters. The number of alkyl halides is 1. The first-order valence-corrected chi connectivity index (χ1v) is 7.18. The zero-order chi connectivity index (χ0) is 11.3. The molecule has 1 rings (SSSR count). The highest BCUT2D eigenvalue weighted by atomic mass is 79.9. The summed E-state index contributed by atoms with van der Waals surface area (Å²) in [7, 11) is 2.24. The number of likely N-dealkylation sites (N-methyl/N-ethyl adjacent to an activating group) is 1. The van der Waals surface area contributed by atoms with Gasteiger partial charge in [-0.05, 0) is 40.3 Å². The van der Waals surface area contributed by atoms with Crippen molar-refractivity contribution < 1.29 is 0 Å². The number of halogens is 1. The Labute approximate surface area is 103 Å². The van der Waals surface area contributed by atoms with Crippen molar-refractivity contribution in [2.45, 2.75) is 38.6 Å². The van der Waals surface area contributed by atoms with Gasteiger partial charge in [0.1, 0.15) is 0 Å². The quantitative estimate of drug-likeness (QED) is 0.563. The van der Waals surface area contributed by atoms with Gasteiger partial charge in [-0.15, -0.1) is 0 Å². The molecule has 0 radical (unpaired) electrons. The van der Waals surface area contributed by atoms with Gasteiger partial charge in [0.2, 0.25) is 0 Å². The Morgan fingerprint density at radius 1 is 1.13 bits per heavy atom. The molecule has 0 aromatic rings. The fraction of sp³-hybridized carbons (Fsp3) is 1.00. The second-order valence-electron chi connectivity index (χ2n) is 5.26. The van der Waals surface area contributed by atoms with Crippen molar-refractivity contribution in [3.63, 3.8) is 0 Å². The minimum Gasteiger partial charge on any atom is -0.300 e. The Balaban J connectivity index is 2.21. The van der Waals surface area contributed by atoms with Crippen molar-refractivity contribution in [1.29, 1.82) is 0 Å². The van der Waals surface area contributed by atoms with E-state index in [4.69, 9.17) is 0 Å². The maximum absolute atomic E-state index is 3.48. The molecule has 0 amide bonds. The van der Waals surface area contributed by atoms with E-state index in [0.29, 0.717) is 5.54 Å². The van der Waals surface area contributed by atoms with E-state index in [2.05, 4.69) is 46.6 Å². The third kappa shape index (κ3) is 4.41. The van der Waals surface area contributed by atoms with Crippen LogP contribution >= 0.6 is 15.9 Å². The van der Waals surface area contributed by atoms with E-state index in [1.807, 2.05) is 0 Å². The van der Waals surface area contributed by atoms with Gasteiger partial charge in [-0.2, -0.15) is 0 Å². The molecule has 1 aliphatic rings. The predicted molar refractivity (Wildman–Crippen MR) is 70.8 cm³/mol. The summed E-state index contributed by atoms with van der Waals surface area (Å²) < 4.78 is 0. The standard InChI is InChI=1S/C12H25BrN2/c1-12(2)11-15(10-9-14(12)3)8-6-4-5-7-13/h4-11H2,1-3H3. The van der Waals surface area contributed by atoms with E-state index in [-0.39, 0.29) is 0 Å². The minimum atomic E-state index is 0.355. The van der Waals surface area contributed by atoms with Crippen LogP contribution in [0, 0.1) is 0 Å². The first-order valence-electron chi connectivity index (χ1n) is 6.06. The summed E-state index contributed by atoms with van der Waals surface area (Å²) in [6.07, 6.45) is 4.03. The van der Waals surface area contributed by atoms with Gasteiger partial charge in [0.25, 0.3) is 0 Å². The third-order valence-electron chi connectivity index (χ3n) is 3.50. The lowest BCUT2D eigenvalue weighted by molar-refractivity contribution is 0.0393. The zero-order valence-corrected chi connectivity index (χ0v) is 12.0. The molecule has 0 saturated carbocycles. The molecular formula is C12H25BrN2. The average Bonchev–Trinajstić information content (AvgIpc) is 2.18. The Morgan fingerprint density at radius 2 is 1.87 bits per heavy atom. The molecular weight excluding hydrogens is 252 g/mol. The van der Waals surface area contributed by atoms with Crippen LogP contribution in [0.25, 0.3) is 0 Å². The average molecular weight is 277 g/mol. The van der Waals surface area contributed by atoms with E-state index in [0.717, 1.165) is 5.33 Å². The van der Waals surface area contributed by atoms with E-state index in [9.17, 15) is 0 Å². The van der Waals surface area contributed by atoms with Gasteiger partial charge in [0.05, 0.1) is 0 Å². The first-order chi connectivity index (χ1) is 7.06. The second kappa shape index (κ2) is 6.21. The number of rotatable bonds is 5. The summed E-state index contributed by atoms with van der Waals surface area (Å²) in [5.74, 6) is 0. The maximum atomic E-state index is 3.48. The summed E-state index contributed by atoms with van der Waals surface area (Å²) in [6, 6.07) is 0. The van der Waals surface area contributed by atoms with Crippen LogP contribution in [-0.2, 0) is 0 Å². The van der Waals surface area contributed by atoms with E-state index in [1.165, 1.54) is 45.4 Å².